The molecular formula is C23H16B2. The van der Waals surface area contributed by atoms with Crippen molar-refractivity contribution in [2.75, 3.05) is 0 Å². The summed E-state index contributed by atoms with van der Waals surface area (Å²) in [5, 5.41) is 0. The Bertz CT molecular complexity index is 1070. The lowest BCUT2D eigenvalue weighted by Gasteiger charge is -2.14. The van der Waals surface area contributed by atoms with Crippen LogP contribution in [0.5, 0.6) is 0 Å². The highest BCUT2D eigenvalue weighted by molar-refractivity contribution is 6.77. The molecule has 2 aliphatic rings. The van der Waals surface area contributed by atoms with Crippen LogP contribution in [0.15, 0.2) is 78.8 Å². The van der Waals surface area contributed by atoms with E-state index in [2.05, 4.69) is 88.7 Å². The summed E-state index contributed by atoms with van der Waals surface area (Å²) in [6.07, 6.45) is 1.98. The van der Waals surface area contributed by atoms with Gasteiger partial charge in [-0.1, -0.05) is 95.2 Å². The number of benzene rings is 3. The molecular weight excluding hydrogens is 298 g/mol. The molecule has 0 N–H and O–H groups in total. The molecule has 0 aromatic heterocycles. The van der Waals surface area contributed by atoms with E-state index in [1.807, 2.05) is 6.08 Å². The Balaban J connectivity index is 1.77. The van der Waals surface area contributed by atoms with Crippen LogP contribution in [0.4, 0.5) is 0 Å². The highest BCUT2D eigenvalue weighted by atomic mass is 14.2. The van der Waals surface area contributed by atoms with E-state index in [4.69, 9.17) is 0 Å². The van der Waals surface area contributed by atoms with Crippen molar-refractivity contribution in [3.63, 3.8) is 0 Å². The van der Waals surface area contributed by atoms with Crippen LogP contribution >= 0.6 is 0 Å². The van der Waals surface area contributed by atoms with Crippen LogP contribution in [-0.2, 0) is 0 Å². The van der Waals surface area contributed by atoms with Gasteiger partial charge in [-0.3, -0.25) is 0 Å². The topological polar surface area (TPSA) is 0 Å². The van der Waals surface area contributed by atoms with Gasteiger partial charge in [-0.2, -0.15) is 0 Å². The summed E-state index contributed by atoms with van der Waals surface area (Å²) in [5.74, 6) is 0. The van der Waals surface area contributed by atoms with Crippen molar-refractivity contribution in [1.82, 2.24) is 0 Å². The molecule has 3 aromatic carbocycles. The molecule has 0 bridgehead atoms. The number of allylic oxidation sites excluding steroid dienone is 2. The molecule has 0 fully saturated rings. The standard InChI is InChI=1S/C23H16B2/c1-3-18-21(15-9-5-4-8-14(15)2)17-12-13-20-22(23(17)25-18)16-10-6-7-11-19(16)24-20/h3-13H,1H2,2H3. The average molecular weight is 314 g/mol. The van der Waals surface area contributed by atoms with Crippen molar-refractivity contribution >= 4 is 36.5 Å². The Kier molecular flexibility index (Phi) is 3.15. The zero-order valence-electron chi connectivity index (χ0n) is 14.2. The first-order valence-electron chi connectivity index (χ1n) is 8.67. The van der Waals surface area contributed by atoms with Gasteiger partial charge in [-0.25, -0.2) is 0 Å². The normalized spacial score (nSPS) is 13.6. The van der Waals surface area contributed by atoms with E-state index < -0.39 is 0 Å². The smallest absolute Gasteiger partial charge is 0.0996 e. The lowest BCUT2D eigenvalue weighted by molar-refractivity contribution is 1.42. The minimum absolute atomic E-state index is 1.21. The Morgan fingerprint density at radius 1 is 0.760 bits per heavy atom. The Morgan fingerprint density at radius 3 is 2.32 bits per heavy atom. The summed E-state index contributed by atoms with van der Waals surface area (Å²) in [7, 11) is 4.59. The summed E-state index contributed by atoms with van der Waals surface area (Å²) in [6.45, 7) is 6.25. The average Bonchev–Trinajstić information content (AvgIpc) is 3.19. The summed E-state index contributed by atoms with van der Waals surface area (Å²) >= 11 is 0. The molecule has 25 heavy (non-hydrogen) atoms. The van der Waals surface area contributed by atoms with Crippen molar-refractivity contribution in [3.05, 3.63) is 95.5 Å². The van der Waals surface area contributed by atoms with Crippen molar-refractivity contribution in [2.24, 2.45) is 0 Å². The van der Waals surface area contributed by atoms with Crippen LogP contribution in [0.25, 0.3) is 16.7 Å². The predicted molar refractivity (Wildman–Crippen MR) is 110 cm³/mol. The molecule has 0 spiro atoms. The lowest BCUT2D eigenvalue weighted by Crippen LogP contribution is -2.25. The first kappa shape index (κ1) is 14.6. The number of fused-ring (bicyclic) bond motifs is 5. The van der Waals surface area contributed by atoms with Crippen molar-refractivity contribution < 1.29 is 0 Å². The van der Waals surface area contributed by atoms with Crippen LogP contribution in [0.2, 0.25) is 0 Å². The first-order chi connectivity index (χ1) is 12.3. The van der Waals surface area contributed by atoms with E-state index in [1.165, 1.54) is 55.3 Å². The third-order valence-electron chi connectivity index (χ3n) is 5.31. The quantitative estimate of drug-likeness (QED) is 0.499. The van der Waals surface area contributed by atoms with Crippen LogP contribution in [0.1, 0.15) is 16.7 Å². The molecule has 3 aromatic rings. The SMILES string of the molecule is C=CC1=C(c2ccccc2C)c2ccc3c(c2[B]1)-c1ccccc1[B]3. The third kappa shape index (κ3) is 2.04. The van der Waals surface area contributed by atoms with E-state index in [9.17, 15) is 0 Å². The summed E-state index contributed by atoms with van der Waals surface area (Å²) in [6, 6.07) is 21.8. The molecule has 2 radical (unpaired) electrons. The summed E-state index contributed by atoms with van der Waals surface area (Å²) in [5.41, 5.74) is 13.1. The zero-order valence-corrected chi connectivity index (χ0v) is 14.2. The predicted octanol–water partition coefficient (Wildman–Crippen LogP) is 2.92. The van der Waals surface area contributed by atoms with Gasteiger partial charge in [0.25, 0.3) is 0 Å². The molecule has 0 nitrogen and oxygen atoms in total. The van der Waals surface area contributed by atoms with Gasteiger partial charge in [-0.05, 0) is 40.3 Å². The second kappa shape index (κ2) is 5.39. The second-order valence-corrected chi connectivity index (χ2v) is 6.72. The van der Waals surface area contributed by atoms with Crippen LogP contribution in [-0.4, -0.2) is 14.6 Å². The minimum atomic E-state index is 1.21. The number of rotatable bonds is 2. The van der Waals surface area contributed by atoms with Crippen molar-refractivity contribution in [1.29, 1.82) is 0 Å². The zero-order chi connectivity index (χ0) is 17.0. The summed E-state index contributed by atoms with van der Waals surface area (Å²) < 4.78 is 0. The third-order valence-corrected chi connectivity index (χ3v) is 5.31. The molecule has 2 aliphatic heterocycles. The van der Waals surface area contributed by atoms with E-state index in [0.717, 1.165) is 0 Å². The van der Waals surface area contributed by atoms with Gasteiger partial charge in [0.05, 0.1) is 0 Å². The van der Waals surface area contributed by atoms with Crippen LogP contribution in [0.3, 0.4) is 0 Å². The fraction of sp³-hybridized carbons (Fsp3) is 0.0435. The van der Waals surface area contributed by atoms with Gasteiger partial charge in [0.2, 0.25) is 0 Å². The lowest BCUT2D eigenvalue weighted by atomic mass is 9.62. The second-order valence-electron chi connectivity index (χ2n) is 6.72. The number of hydrogen-bond donors (Lipinski definition) is 0. The largest absolute Gasteiger partial charge is 0.193 e. The maximum Gasteiger partial charge on any atom is 0.193 e. The van der Waals surface area contributed by atoms with E-state index in [0.29, 0.717) is 0 Å². The Morgan fingerprint density at radius 2 is 1.52 bits per heavy atom. The van der Waals surface area contributed by atoms with Gasteiger partial charge in [0.1, 0.15) is 0 Å². The minimum Gasteiger partial charge on any atom is -0.0996 e. The van der Waals surface area contributed by atoms with Crippen LogP contribution in [0, 0.1) is 6.92 Å². The maximum absolute atomic E-state index is 4.07. The van der Waals surface area contributed by atoms with E-state index in [1.54, 1.807) is 0 Å². The molecule has 5 rings (SSSR count). The number of aryl methyl sites for hydroxylation is 1. The fourth-order valence-electron chi connectivity index (χ4n) is 4.14. The van der Waals surface area contributed by atoms with Crippen LogP contribution < -0.4 is 16.4 Å². The van der Waals surface area contributed by atoms with Crippen molar-refractivity contribution in [3.8, 4) is 11.1 Å². The molecule has 2 heterocycles. The van der Waals surface area contributed by atoms with E-state index in [-0.39, 0.29) is 0 Å². The molecule has 0 atom stereocenters. The molecule has 0 unspecified atom stereocenters. The van der Waals surface area contributed by atoms with Crippen molar-refractivity contribution in [2.45, 2.75) is 6.92 Å². The first-order valence-corrected chi connectivity index (χ1v) is 8.67. The fourth-order valence-corrected chi connectivity index (χ4v) is 4.14. The summed E-state index contributed by atoms with van der Waals surface area (Å²) in [4.78, 5) is 0. The van der Waals surface area contributed by atoms with E-state index >= 15 is 0 Å². The molecule has 0 amide bonds. The van der Waals surface area contributed by atoms with Gasteiger partial charge >= 0.3 is 0 Å². The maximum atomic E-state index is 4.07. The molecule has 2 heteroatoms. The van der Waals surface area contributed by atoms with Gasteiger partial charge in [-0.15, -0.1) is 0 Å². The highest BCUT2D eigenvalue weighted by Gasteiger charge is 2.30. The van der Waals surface area contributed by atoms with Gasteiger partial charge < -0.3 is 0 Å². The number of hydrogen-bond acceptors (Lipinski definition) is 0. The Hall–Kier alpha value is -2.73. The molecule has 114 valence electrons. The van der Waals surface area contributed by atoms with Gasteiger partial charge in [0, 0.05) is 0 Å². The highest BCUT2D eigenvalue weighted by Crippen LogP contribution is 2.34. The molecule has 0 saturated carbocycles. The molecule has 0 aliphatic carbocycles. The molecule has 0 saturated heterocycles. The Labute approximate surface area is 150 Å². The van der Waals surface area contributed by atoms with Gasteiger partial charge in [0.15, 0.2) is 14.6 Å². The monoisotopic (exact) mass is 314 g/mol.